The topological polar surface area (TPSA) is 34.9 Å². The SMILES string of the molecule is Cn1c(C=O)nc2c1CCCC2. The number of imidazole rings is 1. The highest BCUT2D eigenvalue weighted by atomic mass is 16.1. The molecule has 1 aliphatic carbocycles. The Kier molecular flexibility index (Phi) is 1.71. The normalized spacial score (nSPS) is 15.8. The average Bonchev–Trinajstić information content (AvgIpc) is 2.44. The van der Waals surface area contributed by atoms with E-state index in [0.29, 0.717) is 5.82 Å². The minimum atomic E-state index is 0.571. The van der Waals surface area contributed by atoms with E-state index in [4.69, 9.17) is 0 Å². The molecule has 0 radical (unpaired) electrons. The quantitative estimate of drug-likeness (QED) is 0.583. The molecule has 0 saturated heterocycles. The molecule has 0 amide bonds. The maximum atomic E-state index is 10.6. The van der Waals surface area contributed by atoms with Crippen LogP contribution in [0.25, 0.3) is 0 Å². The van der Waals surface area contributed by atoms with Crippen molar-refractivity contribution in [2.75, 3.05) is 0 Å². The number of rotatable bonds is 1. The van der Waals surface area contributed by atoms with E-state index < -0.39 is 0 Å². The third-order valence-corrected chi connectivity index (χ3v) is 2.51. The van der Waals surface area contributed by atoms with Crippen molar-refractivity contribution in [2.24, 2.45) is 7.05 Å². The molecule has 3 heteroatoms. The predicted molar refractivity (Wildman–Crippen MR) is 45.2 cm³/mol. The van der Waals surface area contributed by atoms with Crippen molar-refractivity contribution < 1.29 is 4.79 Å². The van der Waals surface area contributed by atoms with E-state index in [-0.39, 0.29) is 0 Å². The molecule has 12 heavy (non-hydrogen) atoms. The van der Waals surface area contributed by atoms with Crippen LogP contribution in [0, 0.1) is 0 Å². The molecule has 1 heterocycles. The molecule has 0 atom stereocenters. The Morgan fingerprint density at radius 3 is 2.83 bits per heavy atom. The fraction of sp³-hybridized carbons (Fsp3) is 0.556. The van der Waals surface area contributed by atoms with Gasteiger partial charge in [-0.3, -0.25) is 4.79 Å². The Balaban J connectivity index is 2.51. The average molecular weight is 164 g/mol. The number of carbonyl (C=O) groups excluding carboxylic acids is 1. The summed E-state index contributed by atoms with van der Waals surface area (Å²) in [6.07, 6.45) is 5.38. The first-order valence-electron chi connectivity index (χ1n) is 4.32. The molecule has 1 aromatic heterocycles. The van der Waals surface area contributed by atoms with Gasteiger partial charge in [0, 0.05) is 12.7 Å². The first kappa shape index (κ1) is 7.53. The lowest BCUT2D eigenvalue weighted by molar-refractivity contribution is 0.111. The number of hydrogen-bond donors (Lipinski definition) is 0. The van der Waals surface area contributed by atoms with Crippen LogP contribution in [0.3, 0.4) is 0 Å². The van der Waals surface area contributed by atoms with E-state index >= 15 is 0 Å². The maximum absolute atomic E-state index is 10.6. The Labute approximate surface area is 71.4 Å². The Bertz CT molecular complexity index is 315. The van der Waals surface area contributed by atoms with Crippen LogP contribution in [0.2, 0.25) is 0 Å². The van der Waals surface area contributed by atoms with Gasteiger partial charge in [-0.1, -0.05) is 0 Å². The number of aldehydes is 1. The van der Waals surface area contributed by atoms with Crippen LogP contribution < -0.4 is 0 Å². The van der Waals surface area contributed by atoms with Gasteiger partial charge in [0.15, 0.2) is 12.1 Å². The molecular formula is C9H12N2O. The molecule has 0 spiro atoms. The first-order chi connectivity index (χ1) is 5.83. The summed E-state index contributed by atoms with van der Waals surface area (Å²) in [6.45, 7) is 0. The number of carbonyl (C=O) groups is 1. The number of fused-ring (bicyclic) bond motifs is 1. The summed E-state index contributed by atoms with van der Waals surface area (Å²) in [5, 5.41) is 0. The third kappa shape index (κ3) is 0.967. The van der Waals surface area contributed by atoms with E-state index in [1.165, 1.54) is 18.5 Å². The summed E-state index contributed by atoms with van der Waals surface area (Å²) in [5.41, 5.74) is 2.38. The number of nitrogens with zero attached hydrogens (tertiary/aromatic N) is 2. The van der Waals surface area contributed by atoms with Crippen molar-refractivity contribution in [1.82, 2.24) is 9.55 Å². The molecule has 2 rings (SSSR count). The van der Waals surface area contributed by atoms with Crippen molar-refractivity contribution >= 4 is 6.29 Å². The second-order valence-corrected chi connectivity index (χ2v) is 3.25. The van der Waals surface area contributed by atoms with Gasteiger partial charge in [0.2, 0.25) is 0 Å². The van der Waals surface area contributed by atoms with Crippen LogP contribution in [0.1, 0.15) is 34.8 Å². The highest BCUT2D eigenvalue weighted by Gasteiger charge is 2.16. The fourth-order valence-electron chi connectivity index (χ4n) is 1.81. The standard InChI is InChI=1S/C9H12N2O/c1-11-8-5-3-2-4-7(8)10-9(11)6-12/h6H,2-5H2,1H3. The first-order valence-corrected chi connectivity index (χ1v) is 4.32. The Morgan fingerprint density at radius 2 is 2.17 bits per heavy atom. The van der Waals surface area contributed by atoms with Gasteiger partial charge >= 0.3 is 0 Å². The summed E-state index contributed by atoms with van der Waals surface area (Å²) < 4.78 is 1.92. The lowest BCUT2D eigenvalue weighted by Crippen LogP contribution is -2.06. The minimum Gasteiger partial charge on any atom is -0.329 e. The van der Waals surface area contributed by atoms with Crippen LogP contribution in [-0.4, -0.2) is 15.8 Å². The zero-order chi connectivity index (χ0) is 8.55. The molecule has 0 fully saturated rings. The smallest absolute Gasteiger partial charge is 0.185 e. The molecule has 1 aromatic rings. The van der Waals surface area contributed by atoms with E-state index in [0.717, 1.165) is 24.8 Å². The van der Waals surface area contributed by atoms with Crippen LogP contribution in [0.4, 0.5) is 0 Å². The van der Waals surface area contributed by atoms with Crippen molar-refractivity contribution in [3.63, 3.8) is 0 Å². The van der Waals surface area contributed by atoms with E-state index in [2.05, 4.69) is 4.98 Å². The predicted octanol–water partition coefficient (Wildman–Crippen LogP) is 1.11. The highest BCUT2D eigenvalue weighted by molar-refractivity contribution is 5.69. The van der Waals surface area contributed by atoms with E-state index in [1.54, 1.807) is 0 Å². The Hall–Kier alpha value is -1.12. The molecule has 0 saturated carbocycles. The summed E-state index contributed by atoms with van der Waals surface area (Å²) in [7, 11) is 1.92. The highest BCUT2D eigenvalue weighted by Crippen LogP contribution is 2.20. The van der Waals surface area contributed by atoms with Gasteiger partial charge < -0.3 is 4.57 Å². The van der Waals surface area contributed by atoms with Gasteiger partial charge in [0.05, 0.1) is 5.69 Å². The lowest BCUT2D eigenvalue weighted by Gasteiger charge is -2.10. The van der Waals surface area contributed by atoms with Gasteiger partial charge in [-0.15, -0.1) is 0 Å². The summed E-state index contributed by atoms with van der Waals surface area (Å²) in [6, 6.07) is 0. The largest absolute Gasteiger partial charge is 0.329 e. The third-order valence-electron chi connectivity index (χ3n) is 2.51. The molecular weight excluding hydrogens is 152 g/mol. The van der Waals surface area contributed by atoms with Crippen molar-refractivity contribution in [2.45, 2.75) is 25.7 Å². The number of aryl methyl sites for hydroxylation is 1. The molecule has 3 nitrogen and oxygen atoms in total. The van der Waals surface area contributed by atoms with Crippen molar-refractivity contribution in [3.8, 4) is 0 Å². The molecule has 0 bridgehead atoms. The second kappa shape index (κ2) is 2.73. The zero-order valence-electron chi connectivity index (χ0n) is 7.21. The van der Waals surface area contributed by atoms with E-state index in [1.807, 2.05) is 11.6 Å². The number of hydrogen-bond acceptors (Lipinski definition) is 2. The number of aromatic nitrogens is 2. The van der Waals surface area contributed by atoms with Gasteiger partial charge in [0.25, 0.3) is 0 Å². The van der Waals surface area contributed by atoms with Crippen LogP contribution in [0.5, 0.6) is 0 Å². The lowest BCUT2D eigenvalue weighted by atomic mass is 10.0. The molecule has 0 N–H and O–H groups in total. The van der Waals surface area contributed by atoms with Gasteiger partial charge in [-0.2, -0.15) is 0 Å². The summed E-state index contributed by atoms with van der Waals surface area (Å²) in [4.78, 5) is 14.8. The molecule has 0 aliphatic heterocycles. The fourth-order valence-corrected chi connectivity index (χ4v) is 1.81. The van der Waals surface area contributed by atoms with Crippen molar-refractivity contribution in [1.29, 1.82) is 0 Å². The summed E-state index contributed by atoms with van der Waals surface area (Å²) in [5.74, 6) is 0.571. The monoisotopic (exact) mass is 164 g/mol. The molecule has 64 valence electrons. The molecule has 0 aromatic carbocycles. The van der Waals surface area contributed by atoms with E-state index in [9.17, 15) is 4.79 Å². The molecule has 1 aliphatic rings. The zero-order valence-corrected chi connectivity index (χ0v) is 7.21. The molecule has 0 unspecified atom stereocenters. The van der Waals surface area contributed by atoms with Gasteiger partial charge in [-0.25, -0.2) is 4.98 Å². The van der Waals surface area contributed by atoms with Crippen LogP contribution in [-0.2, 0) is 19.9 Å². The van der Waals surface area contributed by atoms with Gasteiger partial charge in [-0.05, 0) is 25.7 Å². The Morgan fingerprint density at radius 1 is 1.42 bits per heavy atom. The maximum Gasteiger partial charge on any atom is 0.185 e. The second-order valence-electron chi connectivity index (χ2n) is 3.25. The summed E-state index contributed by atoms with van der Waals surface area (Å²) >= 11 is 0. The minimum absolute atomic E-state index is 0.571. The van der Waals surface area contributed by atoms with Crippen LogP contribution in [0.15, 0.2) is 0 Å². The van der Waals surface area contributed by atoms with Crippen molar-refractivity contribution in [3.05, 3.63) is 17.2 Å². The van der Waals surface area contributed by atoms with Crippen LogP contribution >= 0.6 is 0 Å². The van der Waals surface area contributed by atoms with Gasteiger partial charge in [0.1, 0.15) is 0 Å².